The molecule has 5 rings (SSSR count). The minimum atomic E-state index is 0.0335. The smallest absolute Gasteiger partial charge is 0.326 e. The van der Waals surface area contributed by atoms with Gasteiger partial charge in [-0.15, -0.1) is 0 Å². The summed E-state index contributed by atoms with van der Waals surface area (Å²) >= 11 is 0. The van der Waals surface area contributed by atoms with Gasteiger partial charge in [-0.25, -0.2) is 4.79 Å². The first kappa shape index (κ1) is 18.9. The second-order valence-electron chi connectivity index (χ2n) is 8.81. The number of ether oxygens (including phenoxy) is 1. The molecule has 1 aromatic heterocycles. The third-order valence-corrected chi connectivity index (χ3v) is 6.90. The van der Waals surface area contributed by atoms with E-state index < -0.39 is 0 Å². The predicted octanol–water partition coefficient (Wildman–Crippen LogP) is 4.10. The van der Waals surface area contributed by atoms with Crippen molar-refractivity contribution in [2.24, 2.45) is 0 Å². The van der Waals surface area contributed by atoms with Gasteiger partial charge in [-0.05, 0) is 68.7 Å². The van der Waals surface area contributed by atoms with E-state index in [4.69, 9.17) is 4.74 Å². The number of H-pyrrole nitrogens is 1. The van der Waals surface area contributed by atoms with Gasteiger partial charge in [-0.1, -0.05) is 24.3 Å². The molecule has 2 atom stereocenters. The molecule has 29 heavy (non-hydrogen) atoms. The summed E-state index contributed by atoms with van der Waals surface area (Å²) in [6, 6.07) is 7.13. The normalized spacial score (nSPS) is 26.7. The monoisotopic (exact) mass is 393 g/mol. The van der Waals surface area contributed by atoms with Gasteiger partial charge in [0.25, 0.3) is 0 Å². The standard InChI is InChI=1S/C24H31N3O2/c1-17-7-8-22-21(15-17)25-24(28)27(22)19-9-12-26(13-10-19)20-11-14-29-23(16-20)18-5-3-2-4-6-18/h3,5-8,15,19-20,23H,2,4,9-14,16H2,1H3,(H,25,28). The highest BCUT2D eigenvalue weighted by molar-refractivity contribution is 5.76. The SMILES string of the molecule is Cc1ccc2c(c1)[nH]c(=O)n2C1CCN(C2CCOC(C3=CCCC=C3)C2)CC1. The fourth-order valence-electron chi connectivity index (χ4n) is 5.33. The molecule has 2 aliphatic heterocycles. The minimum absolute atomic E-state index is 0.0335. The van der Waals surface area contributed by atoms with Crippen LogP contribution in [0.25, 0.3) is 11.0 Å². The lowest BCUT2D eigenvalue weighted by atomic mass is 9.91. The van der Waals surface area contributed by atoms with Gasteiger partial charge in [0, 0.05) is 31.8 Å². The molecule has 3 aliphatic rings. The molecule has 5 nitrogen and oxygen atoms in total. The second-order valence-corrected chi connectivity index (χ2v) is 8.81. The number of likely N-dealkylation sites (tertiary alicyclic amines) is 1. The maximum absolute atomic E-state index is 12.6. The van der Waals surface area contributed by atoms with Crippen LogP contribution in [0.5, 0.6) is 0 Å². The zero-order valence-corrected chi connectivity index (χ0v) is 17.3. The van der Waals surface area contributed by atoms with E-state index in [-0.39, 0.29) is 17.8 Å². The van der Waals surface area contributed by atoms with Gasteiger partial charge < -0.3 is 14.6 Å². The highest BCUT2D eigenvalue weighted by Crippen LogP contribution is 2.31. The summed E-state index contributed by atoms with van der Waals surface area (Å²) in [5.41, 5.74) is 4.58. The van der Waals surface area contributed by atoms with Gasteiger partial charge in [-0.2, -0.15) is 0 Å². The van der Waals surface area contributed by atoms with Gasteiger partial charge in [0.2, 0.25) is 0 Å². The zero-order valence-electron chi connectivity index (χ0n) is 17.3. The number of aryl methyl sites for hydroxylation is 1. The number of rotatable bonds is 3. The molecule has 1 aromatic carbocycles. The van der Waals surface area contributed by atoms with E-state index in [1.54, 1.807) is 0 Å². The Morgan fingerprint density at radius 2 is 1.97 bits per heavy atom. The van der Waals surface area contributed by atoms with Crippen molar-refractivity contribution in [3.8, 4) is 0 Å². The number of aromatic amines is 1. The van der Waals surface area contributed by atoms with E-state index in [2.05, 4.69) is 53.2 Å². The molecular weight excluding hydrogens is 362 g/mol. The van der Waals surface area contributed by atoms with E-state index in [0.717, 1.165) is 69.3 Å². The van der Waals surface area contributed by atoms with Gasteiger partial charge in [0.15, 0.2) is 0 Å². The Balaban J connectivity index is 1.26. The van der Waals surface area contributed by atoms with Crippen LogP contribution in [0, 0.1) is 6.92 Å². The van der Waals surface area contributed by atoms with E-state index >= 15 is 0 Å². The molecular formula is C24H31N3O2. The van der Waals surface area contributed by atoms with Crippen LogP contribution < -0.4 is 5.69 Å². The van der Waals surface area contributed by atoms with Crippen LogP contribution >= 0.6 is 0 Å². The number of nitrogens with zero attached hydrogens (tertiary/aromatic N) is 2. The van der Waals surface area contributed by atoms with Crippen LogP contribution in [-0.2, 0) is 4.74 Å². The zero-order chi connectivity index (χ0) is 19.8. The Bertz CT molecular complexity index is 991. The minimum Gasteiger partial charge on any atom is -0.373 e. The van der Waals surface area contributed by atoms with E-state index in [0.29, 0.717) is 6.04 Å². The number of benzene rings is 1. The lowest BCUT2D eigenvalue weighted by molar-refractivity contribution is -0.0150. The van der Waals surface area contributed by atoms with E-state index in [9.17, 15) is 4.79 Å². The van der Waals surface area contributed by atoms with Crippen molar-refractivity contribution in [1.82, 2.24) is 14.5 Å². The number of allylic oxidation sites excluding steroid dienone is 2. The third kappa shape index (κ3) is 3.74. The predicted molar refractivity (Wildman–Crippen MR) is 116 cm³/mol. The van der Waals surface area contributed by atoms with Crippen molar-refractivity contribution in [1.29, 1.82) is 0 Å². The summed E-state index contributed by atoms with van der Waals surface area (Å²) in [5, 5.41) is 0. The van der Waals surface area contributed by atoms with Crippen molar-refractivity contribution >= 4 is 11.0 Å². The van der Waals surface area contributed by atoms with Gasteiger partial charge in [0.05, 0.1) is 17.1 Å². The average molecular weight is 394 g/mol. The number of piperidine rings is 1. The summed E-state index contributed by atoms with van der Waals surface area (Å²) < 4.78 is 8.09. The first-order valence-electron chi connectivity index (χ1n) is 11.1. The summed E-state index contributed by atoms with van der Waals surface area (Å²) in [5.74, 6) is 0. The lowest BCUT2D eigenvalue weighted by Gasteiger charge is -2.41. The summed E-state index contributed by atoms with van der Waals surface area (Å²) in [6.45, 7) is 5.03. The first-order valence-corrected chi connectivity index (χ1v) is 11.1. The summed E-state index contributed by atoms with van der Waals surface area (Å²) in [7, 11) is 0. The number of imidazole rings is 1. The quantitative estimate of drug-likeness (QED) is 0.854. The lowest BCUT2D eigenvalue weighted by Crippen LogP contribution is -2.47. The fraction of sp³-hybridized carbons (Fsp3) is 0.542. The molecule has 5 heteroatoms. The number of hydrogen-bond donors (Lipinski definition) is 1. The Labute approximate surface area is 172 Å². The Morgan fingerprint density at radius 3 is 2.76 bits per heavy atom. The highest BCUT2D eigenvalue weighted by Gasteiger charge is 2.32. The number of fused-ring (bicyclic) bond motifs is 1. The fourth-order valence-corrected chi connectivity index (χ4v) is 5.33. The van der Waals surface area contributed by atoms with Crippen molar-refractivity contribution in [3.63, 3.8) is 0 Å². The molecule has 2 saturated heterocycles. The molecule has 3 heterocycles. The van der Waals surface area contributed by atoms with Gasteiger partial charge >= 0.3 is 5.69 Å². The Morgan fingerprint density at radius 1 is 1.10 bits per heavy atom. The van der Waals surface area contributed by atoms with Crippen LogP contribution in [0.15, 0.2) is 46.8 Å². The van der Waals surface area contributed by atoms with E-state index in [1.165, 1.54) is 11.1 Å². The van der Waals surface area contributed by atoms with Crippen molar-refractivity contribution in [2.45, 2.75) is 63.6 Å². The molecule has 2 aromatic rings. The van der Waals surface area contributed by atoms with Gasteiger partial charge in [-0.3, -0.25) is 4.57 Å². The molecule has 0 radical (unpaired) electrons. The first-order chi connectivity index (χ1) is 14.2. The molecule has 1 N–H and O–H groups in total. The maximum Gasteiger partial charge on any atom is 0.326 e. The highest BCUT2D eigenvalue weighted by atomic mass is 16.5. The topological polar surface area (TPSA) is 50.3 Å². The second kappa shape index (κ2) is 7.96. The molecule has 1 aliphatic carbocycles. The molecule has 0 saturated carbocycles. The van der Waals surface area contributed by atoms with Crippen LogP contribution in [0.2, 0.25) is 0 Å². The van der Waals surface area contributed by atoms with Crippen LogP contribution in [0.4, 0.5) is 0 Å². The largest absolute Gasteiger partial charge is 0.373 e. The van der Waals surface area contributed by atoms with Crippen molar-refractivity contribution in [3.05, 3.63) is 58.0 Å². The summed E-state index contributed by atoms with van der Waals surface area (Å²) in [4.78, 5) is 18.3. The molecule has 2 unspecified atom stereocenters. The average Bonchev–Trinajstić information content (AvgIpc) is 3.09. The third-order valence-electron chi connectivity index (χ3n) is 6.90. The molecule has 154 valence electrons. The van der Waals surface area contributed by atoms with Crippen molar-refractivity contribution < 1.29 is 4.74 Å². The molecule has 2 fully saturated rings. The van der Waals surface area contributed by atoms with E-state index in [1.807, 2.05) is 4.57 Å². The number of nitrogens with one attached hydrogen (secondary N) is 1. The maximum atomic E-state index is 12.6. The Hall–Kier alpha value is -2.11. The molecule has 0 amide bonds. The van der Waals surface area contributed by atoms with Crippen molar-refractivity contribution in [2.75, 3.05) is 19.7 Å². The van der Waals surface area contributed by atoms with Crippen LogP contribution in [0.1, 0.15) is 50.1 Å². The number of aromatic nitrogens is 2. The molecule has 0 spiro atoms. The summed E-state index contributed by atoms with van der Waals surface area (Å²) in [6.07, 6.45) is 13.7. The van der Waals surface area contributed by atoms with Gasteiger partial charge in [0.1, 0.15) is 0 Å². The number of hydrogen-bond acceptors (Lipinski definition) is 3. The Kier molecular flexibility index (Phi) is 5.18. The van der Waals surface area contributed by atoms with Crippen LogP contribution in [-0.4, -0.2) is 46.3 Å². The molecule has 0 bridgehead atoms. The van der Waals surface area contributed by atoms with Crippen LogP contribution in [0.3, 0.4) is 0 Å².